The molecule has 1 aliphatic heterocycles. The number of ether oxygens (including phenoxy) is 4. The molecule has 0 unspecified atom stereocenters. The highest BCUT2D eigenvalue weighted by molar-refractivity contribution is 5.96. The standard InChI is InChI=1S/C24H26N2O5/c1-28-20-13-17(14-21(29-2)23(20)30-3)24(27)31-19-9-8-16(15-26-11-4-5-12-26)18-7-6-10-25-22(18)19/h6-10,13-14H,4-5,11-12,15H2,1-3H3. The van der Waals surface area contributed by atoms with Gasteiger partial charge < -0.3 is 18.9 Å². The minimum absolute atomic E-state index is 0.291. The second kappa shape index (κ2) is 9.22. The number of fused-ring (bicyclic) bond motifs is 1. The third kappa shape index (κ3) is 4.27. The predicted octanol–water partition coefficient (Wildman–Crippen LogP) is 4.08. The lowest BCUT2D eigenvalue weighted by Crippen LogP contribution is -2.18. The summed E-state index contributed by atoms with van der Waals surface area (Å²) in [6.45, 7) is 3.09. The number of pyridine rings is 1. The Labute approximate surface area is 181 Å². The van der Waals surface area contributed by atoms with E-state index in [1.54, 1.807) is 18.3 Å². The molecule has 7 heteroatoms. The molecule has 2 aromatic carbocycles. The molecule has 0 amide bonds. The van der Waals surface area contributed by atoms with Crippen LogP contribution in [0.1, 0.15) is 28.8 Å². The van der Waals surface area contributed by atoms with E-state index in [2.05, 4.69) is 9.88 Å². The Morgan fingerprint density at radius 1 is 0.968 bits per heavy atom. The average Bonchev–Trinajstić information content (AvgIpc) is 3.32. The van der Waals surface area contributed by atoms with Crippen molar-refractivity contribution >= 4 is 16.9 Å². The molecule has 0 spiro atoms. The zero-order chi connectivity index (χ0) is 21.8. The molecule has 1 fully saturated rings. The molecule has 0 atom stereocenters. The first-order chi connectivity index (χ1) is 15.1. The number of benzene rings is 2. The molecule has 0 aliphatic carbocycles. The van der Waals surface area contributed by atoms with Gasteiger partial charge >= 0.3 is 5.97 Å². The fourth-order valence-electron chi connectivity index (χ4n) is 3.97. The Hall–Kier alpha value is -3.32. The Morgan fingerprint density at radius 3 is 2.32 bits per heavy atom. The van der Waals surface area contributed by atoms with E-state index in [-0.39, 0.29) is 0 Å². The molecule has 0 radical (unpaired) electrons. The number of likely N-dealkylation sites (tertiary alicyclic amines) is 1. The second-order valence-corrected chi connectivity index (χ2v) is 7.41. The van der Waals surface area contributed by atoms with Crippen molar-refractivity contribution in [1.82, 2.24) is 9.88 Å². The van der Waals surface area contributed by atoms with Gasteiger partial charge in [0.2, 0.25) is 5.75 Å². The third-order valence-corrected chi connectivity index (χ3v) is 5.52. The van der Waals surface area contributed by atoms with Gasteiger partial charge in [-0.2, -0.15) is 0 Å². The van der Waals surface area contributed by atoms with Crippen molar-refractivity contribution in [1.29, 1.82) is 0 Å². The van der Waals surface area contributed by atoms with E-state index in [1.165, 1.54) is 39.7 Å². The van der Waals surface area contributed by atoms with Crippen LogP contribution in [-0.2, 0) is 6.54 Å². The Kier molecular flexibility index (Phi) is 6.23. The maximum atomic E-state index is 12.9. The number of hydrogen-bond acceptors (Lipinski definition) is 7. The SMILES string of the molecule is COc1cc(C(=O)Oc2ccc(CN3CCCC3)c3cccnc23)cc(OC)c1OC. The maximum Gasteiger partial charge on any atom is 0.343 e. The van der Waals surface area contributed by atoms with Gasteiger partial charge in [-0.15, -0.1) is 0 Å². The molecule has 162 valence electrons. The molecule has 0 N–H and O–H groups in total. The van der Waals surface area contributed by atoms with Gasteiger partial charge in [-0.05, 0) is 55.8 Å². The quantitative estimate of drug-likeness (QED) is 0.420. The van der Waals surface area contributed by atoms with E-state index >= 15 is 0 Å². The van der Waals surface area contributed by atoms with Gasteiger partial charge in [0.25, 0.3) is 0 Å². The summed E-state index contributed by atoms with van der Waals surface area (Å²) in [6, 6.07) is 10.9. The van der Waals surface area contributed by atoms with Crippen molar-refractivity contribution in [2.45, 2.75) is 19.4 Å². The van der Waals surface area contributed by atoms with Gasteiger partial charge in [0, 0.05) is 18.1 Å². The monoisotopic (exact) mass is 422 g/mol. The first-order valence-electron chi connectivity index (χ1n) is 10.3. The summed E-state index contributed by atoms with van der Waals surface area (Å²) in [7, 11) is 4.52. The lowest BCUT2D eigenvalue weighted by atomic mass is 10.1. The molecule has 1 aromatic heterocycles. The first kappa shape index (κ1) is 20.9. The smallest absolute Gasteiger partial charge is 0.343 e. The zero-order valence-corrected chi connectivity index (χ0v) is 18.0. The van der Waals surface area contributed by atoms with Crippen molar-refractivity contribution in [2.24, 2.45) is 0 Å². The number of esters is 1. The third-order valence-electron chi connectivity index (χ3n) is 5.52. The maximum absolute atomic E-state index is 12.9. The summed E-state index contributed by atoms with van der Waals surface area (Å²) < 4.78 is 21.7. The van der Waals surface area contributed by atoms with Crippen LogP contribution in [0.2, 0.25) is 0 Å². The Balaban J connectivity index is 1.65. The average molecular weight is 422 g/mol. The van der Waals surface area contributed by atoms with Crippen molar-refractivity contribution < 1.29 is 23.7 Å². The van der Waals surface area contributed by atoms with E-state index in [1.807, 2.05) is 24.3 Å². The van der Waals surface area contributed by atoms with Crippen molar-refractivity contribution in [3.63, 3.8) is 0 Å². The lowest BCUT2D eigenvalue weighted by Gasteiger charge is -2.17. The van der Waals surface area contributed by atoms with Crippen LogP contribution in [0.15, 0.2) is 42.6 Å². The lowest BCUT2D eigenvalue weighted by molar-refractivity contribution is 0.0736. The van der Waals surface area contributed by atoms with Crippen LogP contribution >= 0.6 is 0 Å². The summed E-state index contributed by atoms with van der Waals surface area (Å²) in [5.74, 6) is 1.08. The molecular formula is C24H26N2O5. The molecule has 0 bridgehead atoms. The van der Waals surface area contributed by atoms with Crippen molar-refractivity contribution in [2.75, 3.05) is 34.4 Å². The summed E-state index contributed by atoms with van der Waals surface area (Å²) in [4.78, 5) is 19.9. The zero-order valence-electron chi connectivity index (χ0n) is 18.0. The van der Waals surface area contributed by atoms with Crippen LogP contribution in [0.5, 0.6) is 23.0 Å². The van der Waals surface area contributed by atoms with Gasteiger partial charge in [-0.25, -0.2) is 4.79 Å². The Morgan fingerprint density at radius 2 is 1.68 bits per heavy atom. The molecule has 3 aromatic rings. The first-order valence-corrected chi connectivity index (χ1v) is 10.3. The number of nitrogens with zero attached hydrogens (tertiary/aromatic N) is 2. The number of methoxy groups -OCH3 is 3. The molecular weight excluding hydrogens is 396 g/mol. The molecule has 7 nitrogen and oxygen atoms in total. The molecule has 1 aliphatic rings. The minimum Gasteiger partial charge on any atom is -0.493 e. The van der Waals surface area contributed by atoms with Gasteiger partial charge in [0.05, 0.1) is 26.9 Å². The number of rotatable bonds is 7. The number of carbonyl (C=O) groups is 1. The van der Waals surface area contributed by atoms with E-state index in [4.69, 9.17) is 18.9 Å². The van der Waals surface area contributed by atoms with Crippen molar-refractivity contribution in [3.05, 3.63) is 53.7 Å². The van der Waals surface area contributed by atoms with E-state index in [0.29, 0.717) is 34.1 Å². The fourth-order valence-corrected chi connectivity index (χ4v) is 3.97. The highest BCUT2D eigenvalue weighted by Crippen LogP contribution is 2.38. The summed E-state index contributed by atoms with van der Waals surface area (Å²) in [5, 5.41) is 0.990. The molecule has 4 rings (SSSR count). The largest absolute Gasteiger partial charge is 0.493 e. The number of aromatic nitrogens is 1. The fraction of sp³-hybridized carbons (Fsp3) is 0.333. The van der Waals surface area contributed by atoms with Crippen LogP contribution in [0.4, 0.5) is 0 Å². The van der Waals surface area contributed by atoms with Gasteiger partial charge in [0.1, 0.15) is 5.52 Å². The van der Waals surface area contributed by atoms with Crippen LogP contribution in [0.3, 0.4) is 0 Å². The van der Waals surface area contributed by atoms with Gasteiger partial charge in [-0.1, -0.05) is 12.1 Å². The van der Waals surface area contributed by atoms with E-state index < -0.39 is 5.97 Å². The topological polar surface area (TPSA) is 70.1 Å². The molecule has 1 saturated heterocycles. The number of hydrogen-bond donors (Lipinski definition) is 0. The van der Waals surface area contributed by atoms with Crippen LogP contribution < -0.4 is 18.9 Å². The normalized spacial score (nSPS) is 13.9. The highest BCUT2D eigenvalue weighted by Gasteiger charge is 2.20. The molecule has 31 heavy (non-hydrogen) atoms. The minimum atomic E-state index is -0.529. The van der Waals surface area contributed by atoms with Gasteiger partial charge in [0.15, 0.2) is 17.2 Å². The van der Waals surface area contributed by atoms with Crippen LogP contribution in [0.25, 0.3) is 10.9 Å². The van der Waals surface area contributed by atoms with Gasteiger partial charge in [-0.3, -0.25) is 9.88 Å². The van der Waals surface area contributed by atoms with Crippen LogP contribution in [-0.4, -0.2) is 50.3 Å². The summed E-state index contributed by atoms with van der Waals surface area (Å²) in [5.41, 5.74) is 2.14. The number of carbonyl (C=O) groups excluding carboxylic acids is 1. The summed E-state index contributed by atoms with van der Waals surface area (Å²) in [6.07, 6.45) is 4.18. The van der Waals surface area contributed by atoms with E-state index in [9.17, 15) is 4.79 Å². The van der Waals surface area contributed by atoms with Crippen molar-refractivity contribution in [3.8, 4) is 23.0 Å². The van der Waals surface area contributed by atoms with E-state index in [0.717, 1.165) is 25.0 Å². The second-order valence-electron chi connectivity index (χ2n) is 7.41. The molecule has 2 heterocycles. The van der Waals surface area contributed by atoms with Crippen LogP contribution in [0, 0.1) is 0 Å². The highest BCUT2D eigenvalue weighted by atomic mass is 16.5. The summed E-state index contributed by atoms with van der Waals surface area (Å²) >= 11 is 0. The Bertz CT molecular complexity index is 1070. The molecule has 0 saturated carbocycles. The predicted molar refractivity (Wildman–Crippen MR) is 117 cm³/mol.